The highest BCUT2D eigenvalue weighted by atomic mass is 32.2. The Balaban J connectivity index is 1.40. The van der Waals surface area contributed by atoms with Crippen LogP contribution >= 0.6 is 0 Å². The molecule has 1 aromatic heterocycles. The number of carbonyl (C=O) groups excluding carboxylic acids is 2. The number of amides is 2. The van der Waals surface area contributed by atoms with Gasteiger partial charge in [-0.15, -0.1) is 0 Å². The maximum absolute atomic E-state index is 14.2. The molecule has 2 aromatic rings. The summed E-state index contributed by atoms with van der Waals surface area (Å²) in [4.78, 5) is 33.4. The molecule has 2 aliphatic heterocycles. The van der Waals surface area contributed by atoms with Gasteiger partial charge in [0.2, 0.25) is 11.8 Å². The molecule has 196 valence electrons. The molecule has 0 spiro atoms. The van der Waals surface area contributed by atoms with E-state index in [1.807, 2.05) is 4.90 Å². The molecule has 2 saturated heterocycles. The second-order valence-corrected chi connectivity index (χ2v) is 11.2. The summed E-state index contributed by atoms with van der Waals surface area (Å²) >= 11 is 0. The van der Waals surface area contributed by atoms with Crippen molar-refractivity contribution in [2.75, 3.05) is 50.7 Å². The molecular weight excluding hydrogens is 487 g/mol. The number of imidazole rings is 1. The Morgan fingerprint density at radius 3 is 2.53 bits per heavy atom. The van der Waals surface area contributed by atoms with E-state index in [9.17, 15) is 22.4 Å². The molecule has 1 aromatic carbocycles. The van der Waals surface area contributed by atoms with Crippen molar-refractivity contribution in [3.05, 3.63) is 42.6 Å². The number of halogens is 1. The topological polar surface area (TPSA) is 108 Å². The number of carbonyl (C=O) groups is 2. The number of nitrogens with one attached hydrogen (secondary N) is 1. The number of sulfonamides is 1. The Hall–Kier alpha value is -2.99. The number of aryl methyl sites for hydroxylation is 1. The Labute approximate surface area is 211 Å². The zero-order valence-corrected chi connectivity index (χ0v) is 21.3. The van der Waals surface area contributed by atoms with Crippen LogP contribution in [0.5, 0.6) is 0 Å². The van der Waals surface area contributed by atoms with E-state index in [1.54, 1.807) is 34.7 Å². The van der Waals surface area contributed by atoms with Crippen LogP contribution < -0.4 is 10.2 Å². The third kappa shape index (κ3) is 6.04. The van der Waals surface area contributed by atoms with E-state index in [0.29, 0.717) is 57.7 Å². The van der Waals surface area contributed by atoms with Crippen molar-refractivity contribution in [3.63, 3.8) is 0 Å². The Morgan fingerprint density at radius 2 is 1.83 bits per heavy atom. The van der Waals surface area contributed by atoms with Crippen LogP contribution in [0.4, 0.5) is 10.1 Å². The van der Waals surface area contributed by atoms with Crippen molar-refractivity contribution in [2.45, 2.75) is 30.7 Å². The second kappa shape index (κ2) is 11.4. The van der Waals surface area contributed by atoms with Crippen molar-refractivity contribution in [3.8, 4) is 0 Å². The number of para-hydroxylation sites is 1. The average molecular weight is 521 g/mol. The molecule has 0 aliphatic carbocycles. The summed E-state index contributed by atoms with van der Waals surface area (Å²) in [6.45, 7) is 2.65. The van der Waals surface area contributed by atoms with Crippen LogP contribution in [0, 0.1) is 11.7 Å². The van der Waals surface area contributed by atoms with Crippen LogP contribution in [-0.4, -0.2) is 84.8 Å². The number of benzene rings is 1. The van der Waals surface area contributed by atoms with Crippen LogP contribution in [0.15, 0.2) is 41.8 Å². The van der Waals surface area contributed by atoms with E-state index in [1.165, 1.54) is 22.9 Å². The fraction of sp³-hybridized carbons (Fsp3) is 0.542. The standard InChI is InChI=1S/C24H33FN6O4S/c1-28-17-23(27-18-28)36(34,35)31-11-4-5-19(8-10-26-22(32)9-12-31)24(33)30-15-13-29(14-16-30)21-7-3-2-6-20(21)25/h2-3,6-7,17-19H,4-5,8-16H2,1H3,(H,26,32). The van der Waals surface area contributed by atoms with Crippen molar-refractivity contribution in [1.82, 2.24) is 24.1 Å². The molecule has 2 aliphatic rings. The lowest BCUT2D eigenvalue weighted by atomic mass is 9.97. The van der Waals surface area contributed by atoms with Gasteiger partial charge in [-0.25, -0.2) is 17.8 Å². The Bertz CT molecular complexity index is 1180. The third-order valence-electron chi connectivity index (χ3n) is 6.78. The number of hydrogen-bond donors (Lipinski definition) is 1. The summed E-state index contributed by atoms with van der Waals surface area (Å²) in [5.41, 5.74) is 0.538. The minimum atomic E-state index is -3.85. The molecule has 4 rings (SSSR count). The summed E-state index contributed by atoms with van der Waals surface area (Å²) in [7, 11) is -2.16. The van der Waals surface area contributed by atoms with Gasteiger partial charge in [0.05, 0.1) is 12.0 Å². The van der Waals surface area contributed by atoms with Crippen LogP contribution in [-0.2, 0) is 26.7 Å². The molecule has 1 N–H and O–H groups in total. The molecule has 0 bridgehead atoms. The maximum atomic E-state index is 14.2. The van der Waals surface area contributed by atoms with Gasteiger partial charge in [0, 0.05) is 71.4 Å². The van der Waals surface area contributed by atoms with Gasteiger partial charge in [0.1, 0.15) is 5.82 Å². The number of anilines is 1. The summed E-state index contributed by atoms with van der Waals surface area (Å²) in [6.07, 6.45) is 4.40. The van der Waals surface area contributed by atoms with Gasteiger partial charge in [-0.1, -0.05) is 12.1 Å². The first-order chi connectivity index (χ1) is 17.3. The SMILES string of the molecule is Cn1cnc(S(=O)(=O)N2CCCC(C(=O)N3CCN(c4ccccc4F)CC3)CCNC(=O)CC2)c1. The number of piperazine rings is 1. The molecule has 1 unspecified atom stereocenters. The van der Waals surface area contributed by atoms with Gasteiger partial charge in [0.25, 0.3) is 10.0 Å². The summed E-state index contributed by atoms with van der Waals surface area (Å²) in [5, 5.41) is 2.76. The predicted molar refractivity (Wildman–Crippen MR) is 132 cm³/mol. The molecule has 1 atom stereocenters. The van der Waals surface area contributed by atoms with Crippen LogP contribution in [0.2, 0.25) is 0 Å². The van der Waals surface area contributed by atoms with Gasteiger partial charge in [0.15, 0.2) is 5.03 Å². The molecular formula is C24H33FN6O4S. The molecule has 2 fully saturated rings. The van der Waals surface area contributed by atoms with Gasteiger partial charge in [-0.3, -0.25) is 9.59 Å². The number of aromatic nitrogens is 2. The summed E-state index contributed by atoms with van der Waals surface area (Å²) < 4.78 is 43.2. The van der Waals surface area contributed by atoms with Gasteiger partial charge in [-0.05, 0) is 31.4 Å². The molecule has 0 saturated carbocycles. The van der Waals surface area contributed by atoms with E-state index in [0.717, 1.165) is 0 Å². The lowest BCUT2D eigenvalue weighted by molar-refractivity contribution is -0.136. The molecule has 3 heterocycles. The maximum Gasteiger partial charge on any atom is 0.262 e. The van der Waals surface area contributed by atoms with Crippen molar-refractivity contribution in [1.29, 1.82) is 0 Å². The van der Waals surface area contributed by atoms with Crippen molar-refractivity contribution in [2.24, 2.45) is 13.0 Å². The molecule has 10 nitrogen and oxygen atoms in total. The van der Waals surface area contributed by atoms with E-state index in [4.69, 9.17) is 0 Å². The highest BCUT2D eigenvalue weighted by Crippen LogP contribution is 2.23. The largest absolute Gasteiger partial charge is 0.366 e. The monoisotopic (exact) mass is 520 g/mol. The quantitative estimate of drug-likeness (QED) is 0.649. The van der Waals surface area contributed by atoms with E-state index < -0.39 is 10.0 Å². The number of nitrogens with zero attached hydrogens (tertiary/aromatic N) is 5. The van der Waals surface area contributed by atoms with Crippen LogP contribution in [0.25, 0.3) is 0 Å². The summed E-state index contributed by atoms with van der Waals surface area (Å²) in [5.74, 6) is -0.858. The van der Waals surface area contributed by atoms with Crippen LogP contribution in [0.1, 0.15) is 25.7 Å². The fourth-order valence-corrected chi connectivity index (χ4v) is 6.19. The van der Waals surface area contributed by atoms with Crippen molar-refractivity contribution < 1.29 is 22.4 Å². The normalized spacial score (nSPS) is 21.1. The van der Waals surface area contributed by atoms with E-state index >= 15 is 0 Å². The first-order valence-corrected chi connectivity index (χ1v) is 13.7. The number of hydrogen-bond acceptors (Lipinski definition) is 6. The van der Waals surface area contributed by atoms with Crippen LogP contribution in [0.3, 0.4) is 0 Å². The lowest BCUT2D eigenvalue weighted by Crippen LogP contribution is -2.51. The Kier molecular flexibility index (Phi) is 8.24. The molecule has 12 heteroatoms. The second-order valence-electron chi connectivity index (χ2n) is 9.27. The van der Waals surface area contributed by atoms with E-state index in [-0.39, 0.29) is 48.1 Å². The highest BCUT2D eigenvalue weighted by Gasteiger charge is 2.31. The van der Waals surface area contributed by atoms with Gasteiger partial charge >= 0.3 is 0 Å². The fourth-order valence-electron chi connectivity index (χ4n) is 4.75. The van der Waals surface area contributed by atoms with E-state index in [2.05, 4.69) is 10.3 Å². The third-order valence-corrected chi connectivity index (χ3v) is 8.57. The molecule has 0 radical (unpaired) electrons. The summed E-state index contributed by atoms with van der Waals surface area (Å²) in [6, 6.07) is 6.62. The predicted octanol–water partition coefficient (Wildman–Crippen LogP) is 1.21. The smallest absolute Gasteiger partial charge is 0.262 e. The Morgan fingerprint density at radius 1 is 1.08 bits per heavy atom. The average Bonchev–Trinajstić information content (AvgIpc) is 3.30. The zero-order valence-electron chi connectivity index (χ0n) is 20.5. The zero-order chi connectivity index (χ0) is 25.7. The molecule has 2 amide bonds. The molecule has 36 heavy (non-hydrogen) atoms. The first-order valence-electron chi connectivity index (χ1n) is 12.3. The minimum Gasteiger partial charge on any atom is -0.366 e. The van der Waals surface area contributed by atoms with Gasteiger partial charge < -0.3 is 19.7 Å². The minimum absolute atomic E-state index is 0.00388. The van der Waals surface area contributed by atoms with Crippen molar-refractivity contribution >= 4 is 27.5 Å². The van der Waals surface area contributed by atoms with Gasteiger partial charge in [-0.2, -0.15) is 4.31 Å². The lowest BCUT2D eigenvalue weighted by Gasteiger charge is -2.37. The number of rotatable bonds is 4. The highest BCUT2D eigenvalue weighted by molar-refractivity contribution is 7.89. The first kappa shape index (κ1) is 26.1.